The van der Waals surface area contributed by atoms with Gasteiger partial charge in [-0.25, -0.2) is 5.84 Å². The Labute approximate surface area is 77.7 Å². The zero-order valence-corrected chi connectivity index (χ0v) is 7.95. The number of hydrazine groups is 1. The molecule has 0 aliphatic heterocycles. The monoisotopic (exact) mass is 181 g/mol. The number of nitrogens with one attached hydrogen (secondary N) is 1. The third kappa shape index (κ3) is 2.32. The van der Waals surface area contributed by atoms with Gasteiger partial charge in [-0.1, -0.05) is 13.8 Å². The minimum atomic E-state index is -0.245. The fourth-order valence-electron chi connectivity index (χ4n) is 1.25. The van der Waals surface area contributed by atoms with Crippen LogP contribution in [0.3, 0.4) is 0 Å². The minimum Gasteiger partial charge on any atom is -0.343 e. The molecule has 1 aromatic rings. The normalized spacial score (nSPS) is 10.5. The van der Waals surface area contributed by atoms with E-state index < -0.39 is 0 Å². The lowest BCUT2D eigenvalue weighted by Gasteiger charge is -2.09. The molecule has 0 fully saturated rings. The summed E-state index contributed by atoms with van der Waals surface area (Å²) in [6, 6.07) is 3.59. The van der Waals surface area contributed by atoms with Crippen molar-refractivity contribution in [3.05, 3.63) is 24.0 Å². The maximum Gasteiger partial charge on any atom is 0.281 e. The van der Waals surface area contributed by atoms with E-state index in [1.165, 1.54) is 0 Å². The number of amides is 1. The van der Waals surface area contributed by atoms with Crippen LogP contribution in [0.1, 0.15) is 24.3 Å². The average Bonchev–Trinajstić information content (AvgIpc) is 2.50. The second-order valence-electron chi connectivity index (χ2n) is 3.41. The number of nitrogens with two attached hydrogens (primary N) is 1. The first-order valence-electron chi connectivity index (χ1n) is 4.31. The van der Waals surface area contributed by atoms with Crippen LogP contribution in [0, 0.1) is 5.92 Å². The van der Waals surface area contributed by atoms with Gasteiger partial charge in [0.15, 0.2) is 0 Å². The Morgan fingerprint density at radius 3 is 2.92 bits per heavy atom. The van der Waals surface area contributed by atoms with Gasteiger partial charge in [0.25, 0.3) is 5.91 Å². The molecule has 1 heterocycles. The summed E-state index contributed by atoms with van der Waals surface area (Å²) in [4.78, 5) is 11.2. The van der Waals surface area contributed by atoms with Crippen molar-refractivity contribution in [1.29, 1.82) is 0 Å². The molecule has 72 valence electrons. The van der Waals surface area contributed by atoms with Crippen molar-refractivity contribution >= 4 is 5.91 Å². The second-order valence-corrected chi connectivity index (χ2v) is 3.41. The van der Waals surface area contributed by atoms with Gasteiger partial charge in [0.05, 0.1) is 0 Å². The Kier molecular flexibility index (Phi) is 3.08. The summed E-state index contributed by atoms with van der Waals surface area (Å²) >= 11 is 0. The van der Waals surface area contributed by atoms with Crippen molar-refractivity contribution in [2.75, 3.05) is 0 Å². The maximum atomic E-state index is 11.2. The number of hydrogen-bond donors (Lipinski definition) is 2. The molecule has 0 saturated carbocycles. The molecule has 0 aromatic carbocycles. The van der Waals surface area contributed by atoms with Gasteiger partial charge < -0.3 is 4.57 Å². The average molecular weight is 181 g/mol. The largest absolute Gasteiger partial charge is 0.343 e. The fourth-order valence-corrected chi connectivity index (χ4v) is 1.25. The predicted octanol–water partition coefficient (Wildman–Crippen LogP) is 0.748. The van der Waals surface area contributed by atoms with Crippen LogP contribution in [0.4, 0.5) is 0 Å². The molecule has 0 spiro atoms. The molecular weight excluding hydrogens is 166 g/mol. The van der Waals surface area contributed by atoms with E-state index in [0.29, 0.717) is 11.6 Å². The summed E-state index contributed by atoms with van der Waals surface area (Å²) in [6.45, 7) is 5.03. The SMILES string of the molecule is CC(C)Cn1cccc1C(=O)NN. The van der Waals surface area contributed by atoms with E-state index in [2.05, 4.69) is 19.3 Å². The number of nitrogens with zero attached hydrogens (tertiary/aromatic N) is 1. The zero-order valence-electron chi connectivity index (χ0n) is 7.95. The van der Waals surface area contributed by atoms with E-state index >= 15 is 0 Å². The Balaban J connectivity index is 2.83. The molecule has 13 heavy (non-hydrogen) atoms. The zero-order chi connectivity index (χ0) is 9.84. The third-order valence-electron chi connectivity index (χ3n) is 1.76. The molecule has 0 bridgehead atoms. The van der Waals surface area contributed by atoms with Crippen molar-refractivity contribution in [2.45, 2.75) is 20.4 Å². The first-order valence-corrected chi connectivity index (χ1v) is 4.31. The summed E-state index contributed by atoms with van der Waals surface area (Å²) in [5.41, 5.74) is 2.73. The van der Waals surface area contributed by atoms with E-state index in [-0.39, 0.29) is 5.91 Å². The standard InChI is InChI=1S/C9H15N3O/c1-7(2)6-12-5-3-4-8(12)9(13)11-10/h3-5,7H,6,10H2,1-2H3,(H,11,13). The van der Waals surface area contributed by atoms with Gasteiger partial charge >= 0.3 is 0 Å². The Bertz CT molecular complexity index is 291. The van der Waals surface area contributed by atoms with Gasteiger partial charge in [0.1, 0.15) is 5.69 Å². The number of carbonyl (C=O) groups is 1. The highest BCUT2D eigenvalue weighted by atomic mass is 16.2. The van der Waals surface area contributed by atoms with E-state index in [1.54, 1.807) is 6.07 Å². The van der Waals surface area contributed by atoms with Crippen LogP contribution in [0.5, 0.6) is 0 Å². The van der Waals surface area contributed by atoms with Crippen molar-refractivity contribution < 1.29 is 4.79 Å². The van der Waals surface area contributed by atoms with Crippen LogP contribution in [0.25, 0.3) is 0 Å². The molecule has 0 saturated heterocycles. The van der Waals surface area contributed by atoms with E-state index in [0.717, 1.165) is 6.54 Å². The molecular formula is C9H15N3O. The number of rotatable bonds is 3. The molecule has 4 heteroatoms. The Morgan fingerprint density at radius 1 is 1.69 bits per heavy atom. The summed E-state index contributed by atoms with van der Waals surface area (Å²) in [5.74, 6) is 5.32. The van der Waals surface area contributed by atoms with Gasteiger partial charge in [-0.05, 0) is 18.1 Å². The van der Waals surface area contributed by atoms with Crippen LogP contribution in [-0.4, -0.2) is 10.5 Å². The van der Waals surface area contributed by atoms with Crippen LogP contribution >= 0.6 is 0 Å². The van der Waals surface area contributed by atoms with Gasteiger partial charge in [-0.3, -0.25) is 10.2 Å². The van der Waals surface area contributed by atoms with Crippen molar-refractivity contribution in [2.24, 2.45) is 11.8 Å². The predicted molar refractivity (Wildman–Crippen MR) is 50.9 cm³/mol. The minimum absolute atomic E-state index is 0.245. The fraction of sp³-hybridized carbons (Fsp3) is 0.444. The molecule has 0 unspecified atom stereocenters. The molecule has 1 rings (SSSR count). The number of hydrogen-bond acceptors (Lipinski definition) is 2. The molecule has 1 amide bonds. The van der Waals surface area contributed by atoms with Gasteiger partial charge in [0, 0.05) is 12.7 Å². The lowest BCUT2D eigenvalue weighted by Crippen LogP contribution is -2.32. The smallest absolute Gasteiger partial charge is 0.281 e. The highest BCUT2D eigenvalue weighted by molar-refractivity contribution is 5.92. The third-order valence-corrected chi connectivity index (χ3v) is 1.76. The number of nitrogen functional groups attached to an aromatic ring is 1. The van der Waals surface area contributed by atoms with Crippen LogP contribution in [-0.2, 0) is 6.54 Å². The van der Waals surface area contributed by atoms with Crippen LogP contribution in [0.2, 0.25) is 0 Å². The lowest BCUT2D eigenvalue weighted by atomic mass is 10.2. The topological polar surface area (TPSA) is 60.0 Å². The van der Waals surface area contributed by atoms with Crippen molar-refractivity contribution in [3.63, 3.8) is 0 Å². The first-order chi connectivity index (χ1) is 6.15. The van der Waals surface area contributed by atoms with E-state index in [4.69, 9.17) is 5.84 Å². The lowest BCUT2D eigenvalue weighted by molar-refractivity contribution is 0.0943. The van der Waals surface area contributed by atoms with Crippen molar-refractivity contribution in [3.8, 4) is 0 Å². The number of carbonyl (C=O) groups excluding carboxylic acids is 1. The quantitative estimate of drug-likeness (QED) is 0.410. The van der Waals surface area contributed by atoms with Gasteiger partial charge in [0.2, 0.25) is 0 Å². The van der Waals surface area contributed by atoms with E-state index in [1.807, 2.05) is 16.8 Å². The summed E-state index contributed by atoms with van der Waals surface area (Å²) in [5, 5.41) is 0. The molecule has 4 nitrogen and oxygen atoms in total. The molecule has 3 N–H and O–H groups in total. The highest BCUT2D eigenvalue weighted by Gasteiger charge is 2.09. The van der Waals surface area contributed by atoms with E-state index in [9.17, 15) is 4.79 Å². The summed E-state index contributed by atoms with van der Waals surface area (Å²) in [7, 11) is 0. The first kappa shape index (κ1) is 9.80. The molecule has 0 aliphatic rings. The van der Waals surface area contributed by atoms with Gasteiger partial charge in [-0.2, -0.15) is 0 Å². The van der Waals surface area contributed by atoms with Crippen LogP contribution < -0.4 is 11.3 Å². The highest BCUT2D eigenvalue weighted by Crippen LogP contribution is 2.05. The summed E-state index contributed by atoms with van der Waals surface area (Å²) in [6.07, 6.45) is 1.88. The maximum absolute atomic E-state index is 11.2. The second kappa shape index (κ2) is 4.09. The number of aromatic nitrogens is 1. The Morgan fingerprint density at radius 2 is 2.38 bits per heavy atom. The summed E-state index contributed by atoms with van der Waals surface area (Å²) < 4.78 is 1.90. The molecule has 0 radical (unpaired) electrons. The molecule has 1 aromatic heterocycles. The van der Waals surface area contributed by atoms with Crippen molar-refractivity contribution in [1.82, 2.24) is 9.99 Å². The van der Waals surface area contributed by atoms with Gasteiger partial charge in [-0.15, -0.1) is 0 Å². The Hall–Kier alpha value is -1.29. The molecule has 0 aliphatic carbocycles. The molecule has 0 atom stereocenters. The van der Waals surface area contributed by atoms with Crippen LogP contribution in [0.15, 0.2) is 18.3 Å².